The second-order valence-electron chi connectivity index (χ2n) is 9.63. The molecule has 0 radical (unpaired) electrons. The van der Waals surface area contributed by atoms with Crippen LogP contribution in [0.3, 0.4) is 0 Å². The van der Waals surface area contributed by atoms with E-state index < -0.39 is 66.0 Å². The van der Waals surface area contributed by atoms with Crippen LogP contribution in [0.25, 0.3) is 0 Å². The van der Waals surface area contributed by atoms with Crippen molar-refractivity contribution in [2.45, 2.75) is 77.5 Å². The van der Waals surface area contributed by atoms with Crippen molar-refractivity contribution in [1.29, 1.82) is 0 Å². The Kier molecular flexibility index (Phi) is 14.9. The summed E-state index contributed by atoms with van der Waals surface area (Å²) in [6.07, 6.45) is 2.40. The summed E-state index contributed by atoms with van der Waals surface area (Å²) in [5.74, 6) is -4.02. The molecule has 0 saturated heterocycles. The molecule has 12 heteroatoms. The van der Waals surface area contributed by atoms with Crippen LogP contribution in [0.2, 0.25) is 0 Å². The first-order valence-corrected chi connectivity index (χ1v) is 14.2. The zero-order valence-electron chi connectivity index (χ0n) is 23.1. The molecule has 216 valence electrons. The molecule has 0 heterocycles. The molecule has 11 nitrogen and oxygen atoms in total. The summed E-state index contributed by atoms with van der Waals surface area (Å²) in [5.41, 5.74) is 1.05. The highest BCUT2D eigenvalue weighted by Crippen LogP contribution is 2.10. The van der Waals surface area contributed by atoms with E-state index in [9.17, 15) is 33.9 Å². The zero-order chi connectivity index (χ0) is 29.5. The Balaban J connectivity index is 2.81. The first-order chi connectivity index (χ1) is 18.3. The number of carboxylic acids is 1. The smallest absolute Gasteiger partial charge is 0.305 e. The van der Waals surface area contributed by atoms with Crippen LogP contribution in [0, 0.1) is 5.92 Å². The highest BCUT2D eigenvalue weighted by molar-refractivity contribution is 7.98. The fourth-order valence-corrected chi connectivity index (χ4v) is 4.32. The Morgan fingerprint density at radius 2 is 1.49 bits per heavy atom. The van der Waals surface area contributed by atoms with Crippen LogP contribution >= 0.6 is 11.8 Å². The zero-order valence-corrected chi connectivity index (χ0v) is 23.9. The van der Waals surface area contributed by atoms with Gasteiger partial charge in [-0.25, -0.2) is 0 Å². The van der Waals surface area contributed by atoms with Gasteiger partial charge in [0.2, 0.25) is 23.6 Å². The lowest BCUT2D eigenvalue weighted by molar-refractivity contribution is -0.141. The average Bonchev–Trinajstić information content (AvgIpc) is 2.86. The summed E-state index contributed by atoms with van der Waals surface area (Å²) in [6, 6.07) is 5.35. The van der Waals surface area contributed by atoms with E-state index in [0.29, 0.717) is 18.6 Å². The molecule has 0 aliphatic carbocycles. The lowest BCUT2D eigenvalue weighted by atomic mass is 9.99. The second kappa shape index (κ2) is 17.2. The fraction of sp³-hybridized carbons (Fsp3) is 0.556. The molecular weight excluding hydrogens is 524 g/mol. The number of nitrogens with one attached hydrogen (secondary N) is 4. The third-order valence-corrected chi connectivity index (χ3v) is 6.51. The molecule has 0 bridgehead atoms. The molecule has 4 amide bonds. The molecule has 1 rings (SSSR count). The predicted molar refractivity (Wildman–Crippen MR) is 149 cm³/mol. The summed E-state index contributed by atoms with van der Waals surface area (Å²) in [6.45, 7) is 6.10. The number of hydrogen-bond donors (Lipinski definition) is 5. The van der Waals surface area contributed by atoms with E-state index in [-0.39, 0.29) is 12.3 Å². The number of aliphatic carboxylic acids is 1. The monoisotopic (exact) mass is 564 g/mol. The maximum Gasteiger partial charge on any atom is 0.305 e. The molecule has 0 spiro atoms. The third kappa shape index (κ3) is 12.8. The van der Waals surface area contributed by atoms with Gasteiger partial charge in [-0.2, -0.15) is 11.8 Å². The number of rotatable bonds is 17. The number of hydrogen-bond acceptors (Lipinski definition) is 7. The average molecular weight is 565 g/mol. The number of benzene rings is 1. The number of amides is 4. The van der Waals surface area contributed by atoms with Gasteiger partial charge in [0.05, 0.1) is 12.5 Å². The van der Waals surface area contributed by atoms with Crippen molar-refractivity contribution < 1.29 is 33.9 Å². The summed E-state index contributed by atoms with van der Waals surface area (Å²) in [4.78, 5) is 74.0. The van der Waals surface area contributed by atoms with Crippen LogP contribution in [0.1, 0.15) is 52.5 Å². The molecule has 0 saturated carbocycles. The van der Waals surface area contributed by atoms with Crippen molar-refractivity contribution >= 4 is 47.1 Å². The molecule has 5 N–H and O–H groups in total. The first-order valence-electron chi connectivity index (χ1n) is 12.8. The van der Waals surface area contributed by atoms with Crippen molar-refractivity contribution in [2.24, 2.45) is 5.92 Å². The van der Waals surface area contributed by atoms with Crippen LogP contribution in [-0.4, -0.2) is 76.7 Å². The van der Waals surface area contributed by atoms with Crippen molar-refractivity contribution in [3.63, 3.8) is 0 Å². The van der Waals surface area contributed by atoms with E-state index in [0.717, 1.165) is 5.56 Å². The molecular formula is C27H40N4O7S. The molecule has 0 aliphatic heterocycles. The predicted octanol–water partition coefficient (Wildman–Crippen LogP) is 1.05. The van der Waals surface area contributed by atoms with Gasteiger partial charge in [-0.1, -0.05) is 44.2 Å². The Morgan fingerprint density at radius 1 is 0.846 bits per heavy atom. The highest BCUT2D eigenvalue weighted by Gasteiger charge is 2.31. The van der Waals surface area contributed by atoms with E-state index in [4.69, 9.17) is 0 Å². The first kappa shape index (κ1) is 33.6. The molecule has 4 atom stereocenters. The minimum absolute atomic E-state index is 0.0837. The van der Waals surface area contributed by atoms with Crippen LogP contribution in [0.4, 0.5) is 0 Å². The van der Waals surface area contributed by atoms with Crippen molar-refractivity contribution in [2.75, 3.05) is 12.0 Å². The van der Waals surface area contributed by atoms with Crippen LogP contribution in [-0.2, 0) is 35.2 Å². The van der Waals surface area contributed by atoms with Gasteiger partial charge in [0.15, 0.2) is 5.78 Å². The maximum atomic E-state index is 13.1. The normalized spacial score (nSPS) is 13.9. The standard InChI is InChI=1S/C27H40N4O7S/c1-16(2)24(31-25(36)17(3)28-26(37)21(15-39-5)29-18(4)32)27(38)30-20(14-23(34)35)22(33)13-9-12-19-10-7-6-8-11-19/h6-8,10-11,16-17,20-21,24H,9,12-15H2,1-5H3,(H,28,37)(H,29,32)(H,30,38)(H,31,36)(H,34,35)/t17-,20-,21-,24-/m0/s1. The topological polar surface area (TPSA) is 171 Å². The lowest BCUT2D eigenvalue weighted by Crippen LogP contribution is -2.58. The second-order valence-corrected chi connectivity index (χ2v) is 10.5. The number of Topliss-reactive ketones (excluding diaryl/α,β-unsaturated/α-hetero) is 1. The van der Waals surface area contributed by atoms with Crippen molar-refractivity contribution in [3.8, 4) is 0 Å². The van der Waals surface area contributed by atoms with Gasteiger partial charge in [0.1, 0.15) is 18.1 Å². The maximum absolute atomic E-state index is 13.1. The minimum atomic E-state index is -1.24. The summed E-state index contributed by atoms with van der Waals surface area (Å²) in [5, 5.41) is 19.4. The summed E-state index contributed by atoms with van der Waals surface area (Å²) in [7, 11) is 0. The van der Waals surface area contributed by atoms with E-state index in [2.05, 4.69) is 21.3 Å². The number of carboxylic acid groups (broad SMARTS) is 1. The number of thioether (sulfide) groups is 1. The van der Waals surface area contributed by atoms with Crippen LogP contribution < -0.4 is 21.3 Å². The van der Waals surface area contributed by atoms with Gasteiger partial charge >= 0.3 is 5.97 Å². The summed E-state index contributed by atoms with van der Waals surface area (Å²) < 4.78 is 0. The Hall–Kier alpha value is -3.41. The van der Waals surface area contributed by atoms with Crippen LogP contribution in [0.15, 0.2) is 30.3 Å². The van der Waals surface area contributed by atoms with E-state index in [1.165, 1.54) is 25.6 Å². The molecule has 0 aliphatic rings. The number of ketones is 1. The molecule has 39 heavy (non-hydrogen) atoms. The van der Waals surface area contributed by atoms with E-state index >= 15 is 0 Å². The molecule has 0 unspecified atom stereocenters. The van der Waals surface area contributed by atoms with Gasteiger partial charge in [-0.05, 0) is 37.5 Å². The Morgan fingerprint density at radius 3 is 2.03 bits per heavy atom. The molecule has 1 aromatic rings. The van der Waals surface area contributed by atoms with E-state index in [1.807, 2.05) is 30.3 Å². The number of aryl methyl sites for hydroxylation is 1. The largest absolute Gasteiger partial charge is 0.481 e. The number of carbonyl (C=O) groups is 6. The highest BCUT2D eigenvalue weighted by atomic mass is 32.2. The SMILES string of the molecule is CSC[C@H](NC(C)=O)C(=O)N[C@@H](C)C(=O)N[C@H](C(=O)N[C@@H](CC(=O)O)C(=O)CCCc1ccccc1)C(C)C. The van der Waals surface area contributed by atoms with Gasteiger partial charge in [0, 0.05) is 19.1 Å². The van der Waals surface area contributed by atoms with Crippen molar-refractivity contribution in [1.82, 2.24) is 21.3 Å². The quantitative estimate of drug-likeness (QED) is 0.187. The third-order valence-electron chi connectivity index (χ3n) is 5.84. The van der Waals surface area contributed by atoms with Gasteiger partial charge < -0.3 is 26.4 Å². The van der Waals surface area contributed by atoms with Crippen LogP contribution in [0.5, 0.6) is 0 Å². The van der Waals surface area contributed by atoms with Crippen molar-refractivity contribution in [3.05, 3.63) is 35.9 Å². The Labute approximate surface area is 233 Å². The van der Waals surface area contributed by atoms with E-state index in [1.54, 1.807) is 20.1 Å². The fourth-order valence-electron chi connectivity index (χ4n) is 3.75. The van der Waals surface area contributed by atoms with Gasteiger partial charge in [-0.3, -0.25) is 28.8 Å². The van der Waals surface area contributed by atoms with Gasteiger partial charge in [0.25, 0.3) is 0 Å². The molecule has 1 aromatic carbocycles. The molecule has 0 aromatic heterocycles. The van der Waals surface area contributed by atoms with Gasteiger partial charge in [-0.15, -0.1) is 0 Å². The Bertz CT molecular complexity index is 1000. The lowest BCUT2D eigenvalue weighted by Gasteiger charge is -2.26. The molecule has 0 fully saturated rings. The number of carbonyl (C=O) groups excluding carboxylic acids is 5. The summed E-state index contributed by atoms with van der Waals surface area (Å²) >= 11 is 1.35. The minimum Gasteiger partial charge on any atom is -0.481 e.